The number of para-hydroxylation sites is 4. The maximum atomic E-state index is 12.5. The molecular formula is C123H102N6O4Pt2-2. The number of nitrogens with zero attached hydrogens (tertiary/aromatic N) is 6. The van der Waals surface area contributed by atoms with Crippen LogP contribution in [0.15, 0.2) is 361 Å². The third kappa shape index (κ3) is 16.7. The van der Waals surface area contributed by atoms with Crippen LogP contribution in [0.4, 0.5) is 0 Å². The van der Waals surface area contributed by atoms with E-state index in [1.807, 2.05) is 30.6 Å². The summed E-state index contributed by atoms with van der Waals surface area (Å²) in [4.78, 5) is 21.4. The minimum absolute atomic E-state index is 0. The third-order valence-electron chi connectivity index (χ3n) is 26.5. The molecule has 0 saturated carbocycles. The van der Waals surface area contributed by atoms with E-state index in [1.54, 1.807) is 0 Å². The van der Waals surface area contributed by atoms with Crippen LogP contribution in [0.25, 0.3) is 200 Å². The van der Waals surface area contributed by atoms with Crippen molar-refractivity contribution in [1.82, 2.24) is 29.1 Å². The molecule has 0 bridgehead atoms. The molecule has 0 aliphatic rings. The van der Waals surface area contributed by atoms with E-state index in [4.69, 9.17) is 28.8 Å². The molecule has 0 radical (unpaired) electrons. The zero-order chi connectivity index (χ0) is 91.7. The van der Waals surface area contributed by atoms with E-state index in [0.29, 0.717) is 22.8 Å². The molecule has 22 aromatic rings. The van der Waals surface area contributed by atoms with Crippen LogP contribution in [-0.2, 0) is 69.2 Å². The Kier molecular flexibility index (Phi) is 23.4. The van der Waals surface area contributed by atoms with Crippen LogP contribution in [0.3, 0.4) is 0 Å². The summed E-state index contributed by atoms with van der Waals surface area (Å²) < 4.78 is 17.3. The molecule has 0 spiro atoms. The Morgan fingerprint density at radius 3 is 1.04 bits per heavy atom. The van der Waals surface area contributed by atoms with Gasteiger partial charge in [-0.05, 0) is 137 Å². The van der Waals surface area contributed by atoms with Crippen molar-refractivity contribution in [3.8, 4) is 124 Å². The SMILES string of the molecule is CC(C)(C)c1cc(-c2nc3c(-c4[c-]c(-c5cc6c(cn5)oc5cc7ccccc7cc56)cc(-c5ccccc5)c4)cccc3n2-c2ccccc2-c2ccccc2)c(O)c(C(C)(C)C)c1.CC(C)(C)c1cc(-c2nc3c(-c4[c-]c(-c5cc6c(cn5)oc5cc7ccccc7cc56)cc(C(C)(C)c5ccccc5)c4)cccc3n2-c2ccccc2-c2ccccc2)c(O)c(C(C)(C)C)c1.[Pt].[Pt]. The standard InChI is InChI=1S/C63H54N3O2.C60H48N3O2.2Pt/c1-61(2,3)45-35-51(59(67)52(36-45)62(4,5)6)60-65-58-48(27-19-29-55(58)66(60)54-28-18-17-26-47(54)39-20-11-9-12-21-39)42-30-43(32-46(31-42)63(7,8)44-24-13-10-14-25-44)53-37-50-49-33-40-22-15-16-23-41(40)34-56(49)68-57(50)38-64-53;1-59(2,3)44-33-49(57(64)50(34-44)60(4,5)6)58-62-56-46(25-17-27-53(56)63(58)52-26-16-15-24-45(52)38-20-11-8-12-21-38)42-28-41(37-18-9-7-10-19-37)29-43(30-42)51-35-48-47-31-39-22-13-14-23-40(39)32-54(47)65-55(48)36-61-51;;/h9-29,31-38,67H,1-8H3;7-29,31-36,64H,1-6H3;;/q2*-1;;. The second-order valence-electron chi connectivity index (χ2n) is 40.0. The number of hydrogen-bond acceptors (Lipinski definition) is 8. The van der Waals surface area contributed by atoms with Gasteiger partial charge in [0, 0.05) is 103 Å². The molecule has 0 aliphatic heterocycles. The number of pyridine rings is 2. The van der Waals surface area contributed by atoms with Crippen LogP contribution in [0, 0.1) is 12.1 Å². The van der Waals surface area contributed by atoms with Gasteiger partial charge in [-0.1, -0.05) is 380 Å². The molecule has 12 heteroatoms. The molecule has 10 nitrogen and oxygen atoms in total. The first-order valence-electron chi connectivity index (χ1n) is 45.8. The zero-order valence-electron chi connectivity index (χ0n) is 78.0. The van der Waals surface area contributed by atoms with Gasteiger partial charge in [0.25, 0.3) is 0 Å². The molecule has 0 atom stereocenters. The number of imidazole rings is 2. The smallest absolute Gasteiger partial charge is 0.152 e. The van der Waals surface area contributed by atoms with Gasteiger partial charge >= 0.3 is 0 Å². The van der Waals surface area contributed by atoms with Crippen molar-refractivity contribution in [3.05, 3.63) is 398 Å². The van der Waals surface area contributed by atoms with Crippen LogP contribution in [-0.4, -0.2) is 39.3 Å². The number of fused-ring (bicyclic) bond motifs is 10. The van der Waals surface area contributed by atoms with Crippen molar-refractivity contribution in [2.24, 2.45) is 0 Å². The van der Waals surface area contributed by atoms with Gasteiger partial charge in [-0.2, -0.15) is 0 Å². The summed E-state index contributed by atoms with van der Waals surface area (Å²) in [5.74, 6) is 1.80. The molecule has 0 amide bonds. The molecule has 0 fully saturated rings. The predicted octanol–water partition coefficient (Wildman–Crippen LogP) is 32.5. The first-order valence-corrected chi connectivity index (χ1v) is 45.8. The Bertz CT molecular complexity index is 8350. The van der Waals surface area contributed by atoms with Crippen molar-refractivity contribution < 1.29 is 61.2 Å². The molecule has 0 saturated heterocycles. The first kappa shape index (κ1) is 90.0. The molecule has 0 aliphatic carbocycles. The van der Waals surface area contributed by atoms with E-state index in [9.17, 15) is 10.2 Å². The first-order chi connectivity index (χ1) is 64.0. The van der Waals surface area contributed by atoms with Crippen molar-refractivity contribution in [3.63, 3.8) is 0 Å². The number of phenolic OH excluding ortho intramolecular Hbond substituents is 2. The predicted molar refractivity (Wildman–Crippen MR) is 551 cm³/mol. The van der Waals surface area contributed by atoms with E-state index in [0.717, 1.165) is 205 Å². The molecule has 0 unspecified atom stereocenters. The number of aromatic nitrogens is 6. The minimum Gasteiger partial charge on any atom is -0.507 e. The molecule has 22 rings (SSSR count). The van der Waals surface area contributed by atoms with Crippen molar-refractivity contribution in [2.75, 3.05) is 0 Å². The summed E-state index contributed by atoms with van der Waals surface area (Å²) >= 11 is 0. The average Bonchev–Trinajstić information content (AvgIpc) is 1.60. The maximum absolute atomic E-state index is 12.5. The minimum atomic E-state index is -0.388. The van der Waals surface area contributed by atoms with Gasteiger partial charge < -0.3 is 19.0 Å². The van der Waals surface area contributed by atoms with E-state index in [2.05, 4.69) is 440 Å². The Labute approximate surface area is 816 Å². The number of phenols is 2. The summed E-state index contributed by atoms with van der Waals surface area (Å²) in [6.07, 6.45) is 3.68. The van der Waals surface area contributed by atoms with Crippen LogP contribution in [0.5, 0.6) is 11.5 Å². The average molecular weight is 2120 g/mol. The largest absolute Gasteiger partial charge is 0.507 e. The number of hydrogen-bond donors (Lipinski definition) is 2. The van der Waals surface area contributed by atoms with Gasteiger partial charge in [0.15, 0.2) is 11.2 Å². The number of furan rings is 2. The van der Waals surface area contributed by atoms with Gasteiger partial charge in [0.05, 0.1) is 57.0 Å². The zero-order valence-corrected chi connectivity index (χ0v) is 82.6. The van der Waals surface area contributed by atoms with E-state index in [1.165, 1.54) is 5.56 Å². The topological polar surface area (TPSA) is 128 Å². The van der Waals surface area contributed by atoms with Gasteiger partial charge in [0.2, 0.25) is 0 Å². The van der Waals surface area contributed by atoms with Crippen molar-refractivity contribution in [1.29, 1.82) is 0 Å². The maximum Gasteiger partial charge on any atom is 0.152 e. The molecule has 2 N–H and O–H groups in total. The summed E-state index contributed by atoms with van der Waals surface area (Å²) in [5, 5.41) is 33.7. The van der Waals surface area contributed by atoms with Crippen LogP contribution < -0.4 is 0 Å². The summed E-state index contributed by atoms with van der Waals surface area (Å²) in [6, 6.07) is 127. The van der Waals surface area contributed by atoms with E-state index in [-0.39, 0.29) is 80.7 Å². The molecule has 6 heterocycles. The number of benzene rings is 16. The summed E-state index contributed by atoms with van der Waals surface area (Å²) in [5.41, 5.74) is 28.1. The van der Waals surface area contributed by atoms with Gasteiger partial charge in [-0.25, -0.2) is 9.97 Å². The van der Waals surface area contributed by atoms with Crippen LogP contribution in [0.2, 0.25) is 0 Å². The van der Waals surface area contributed by atoms with Crippen molar-refractivity contribution in [2.45, 2.75) is 124 Å². The Balaban J connectivity index is 0.000000171. The quantitative estimate of drug-likeness (QED) is 0.109. The fraction of sp³-hybridized carbons (Fsp3) is 0.154. The van der Waals surface area contributed by atoms with Crippen molar-refractivity contribution >= 4 is 87.5 Å². The Hall–Kier alpha value is -14.1. The third-order valence-corrected chi connectivity index (χ3v) is 26.5. The normalized spacial score (nSPS) is 12.2. The number of aromatic hydroxyl groups is 2. The molecule has 16 aromatic carbocycles. The molecule has 670 valence electrons. The molecule has 135 heavy (non-hydrogen) atoms. The van der Waals surface area contributed by atoms with E-state index < -0.39 is 0 Å². The summed E-state index contributed by atoms with van der Waals surface area (Å²) in [7, 11) is 0. The van der Waals surface area contributed by atoms with Gasteiger partial charge in [-0.15, -0.1) is 53.1 Å². The summed E-state index contributed by atoms with van der Waals surface area (Å²) in [6.45, 7) is 30.8. The molecule has 6 aromatic heterocycles. The van der Waals surface area contributed by atoms with E-state index >= 15 is 0 Å². The van der Waals surface area contributed by atoms with Gasteiger partial charge in [0.1, 0.15) is 34.3 Å². The molecular weight excluding hydrogens is 2020 g/mol. The monoisotopic (exact) mass is 2120 g/mol. The number of rotatable bonds is 13. The second-order valence-corrected chi connectivity index (χ2v) is 40.0. The van der Waals surface area contributed by atoms with Gasteiger partial charge in [-0.3, -0.25) is 19.1 Å². The Morgan fingerprint density at radius 2 is 0.622 bits per heavy atom. The van der Waals surface area contributed by atoms with Crippen LogP contribution >= 0.6 is 0 Å². The second kappa shape index (κ2) is 35.0. The Morgan fingerprint density at radius 1 is 0.274 bits per heavy atom. The fourth-order valence-corrected chi connectivity index (χ4v) is 19.1. The van der Waals surface area contributed by atoms with Crippen LogP contribution in [0.1, 0.15) is 130 Å². The fourth-order valence-electron chi connectivity index (χ4n) is 19.1.